The summed E-state index contributed by atoms with van der Waals surface area (Å²) in [5.74, 6) is 2.77. The van der Waals surface area contributed by atoms with Crippen molar-refractivity contribution in [3.63, 3.8) is 0 Å². The molecule has 2 aromatic heterocycles. The zero-order chi connectivity index (χ0) is 14.1. The molecule has 5 heteroatoms. The first-order valence-electron chi connectivity index (χ1n) is 7.29. The number of aromatic nitrogens is 5. The topological polar surface area (TPSA) is 48.5 Å². The highest BCUT2D eigenvalue weighted by molar-refractivity contribution is 5.16. The van der Waals surface area contributed by atoms with Gasteiger partial charge in [-0.2, -0.15) is 0 Å². The van der Waals surface area contributed by atoms with Crippen molar-refractivity contribution < 1.29 is 0 Å². The Morgan fingerprint density at radius 2 is 2.05 bits per heavy atom. The van der Waals surface area contributed by atoms with Gasteiger partial charge in [-0.3, -0.25) is 0 Å². The first kappa shape index (κ1) is 12.3. The lowest BCUT2D eigenvalue weighted by Crippen LogP contribution is -2.11. The number of benzene rings is 1. The molecule has 0 aliphatic carbocycles. The first-order chi connectivity index (χ1) is 10.4. The Balaban J connectivity index is 1.48. The van der Waals surface area contributed by atoms with Crippen LogP contribution in [0.2, 0.25) is 0 Å². The molecule has 0 saturated carbocycles. The van der Waals surface area contributed by atoms with Crippen LogP contribution in [0, 0.1) is 5.92 Å². The molecule has 0 spiro atoms. The summed E-state index contributed by atoms with van der Waals surface area (Å²) in [7, 11) is 0. The molecule has 0 N–H and O–H groups in total. The molecule has 1 unspecified atom stereocenters. The minimum Gasteiger partial charge on any atom is -0.330 e. The number of hydrogen-bond donors (Lipinski definition) is 0. The molecule has 1 aliphatic rings. The van der Waals surface area contributed by atoms with Gasteiger partial charge in [0.15, 0.2) is 5.82 Å². The monoisotopic (exact) mass is 279 g/mol. The fourth-order valence-corrected chi connectivity index (χ4v) is 3.06. The number of imidazole rings is 1. The predicted molar refractivity (Wildman–Crippen MR) is 78.7 cm³/mol. The molecule has 106 valence electrons. The van der Waals surface area contributed by atoms with Gasteiger partial charge in [0.2, 0.25) is 0 Å². The van der Waals surface area contributed by atoms with E-state index in [9.17, 15) is 0 Å². The largest absolute Gasteiger partial charge is 0.330 e. The van der Waals surface area contributed by atoms with Crippen molar-refractivity contribution in [2.45, 2.75) is 25.9 Å². The van der Waals surface area contributed by atoms with E-state index in [1.54, 1.807) is 6.20 Å². The van der Waals surface area contributed by atoms with E-state index in [-0.39, 0.29) is 0 Å². The molecule has 0 bridgehead atoms. The summed E-state index contributed by atoms with van der Waals surface area (Å²) < 4.78 is 4.30. The standard InChI is InChI=1S/C16H17N5/c1-2-4-13(5-3-1)8-14-9-15-18-19-16(21(15)10-14)11-20-7-6-17-12-20/h1-7,12,14H,8-11H2. The summed E-state index contributed by atoms with van der Waals surface area (Å²) in [4.78, 5) is 4.07. The minimum atomic E-state index is 0.624. The molecule has 1 atom stereocenters. The number of hydrogen-bond acceptors (Lipinski definition) is 3. The van der Waals surface area contributed by atoms with Gasteiger partial charge in [0.25, 0.3) is 0 Å². The smallest absolute Gasteiger partial charge is 0.153 e. The lowest BCUT2D eigenvalue weighted by Gasteiger charge is -2.10. The molecule has 0 radical (unpaired) electrons. The Morgan fingerprint density at radius 3 is 2.86 bits per heavy atom. The van der Waals surface area contributed by atoms with Crippen LogP contribution in [0.1, 0.15) is 17.2 Å². The first-order valence-corrected chi connectivity index (χ1v) is 7.29. The fourth-order valence-electron chi connectivity index (χ4n) is 3.06. The van der Waals surface area contributed by atoms with Gasteiger partial charge in [-0.25, -0.2) is 4.98 Å². The van der Waals surface area contributed by atoms with Crippen LogP contribution in [0.25, 0.3) is 0 Å². The number of nitrogens with zero attached hydrogens (tertiary/aromatic N) is 5. The lowest BCUT2D eigenvalue weighted by molar-refractivity contribution is 0.492. The van der Waals surface area contributed by atoms with Gasteiger partial charge in [-0.05, 0) is 17.9 Å². The molecule has 5 nitrogen and oxygen atoms in total. The second-order valence-electron chi connectivity index (χ2n) is 5.64. The second-order valence-corrected chi connectivity index (χ2v) is 5.64. The molecule has 4 rings (SSSR count). The minimum absolute atomic E-state index is 0.624. The highest BCUT2D eigenvalue weighted by Gasteiger charge is 2.26. The van der Waals surface area contributed by atoms with Gasteiger partial charge in [0.1, 0.15) is 5.82 Å². The highest BCUT2D eigenvalue weighted by atomic mass is 15.3. The van der Waals surface area contributed by atoms with E-state index in [4.69, 9.17) is 0 Å². The highest BCUT2D eigenvalue weighted by Crippen LogP contribution is 2.24. The van der Waals surface area contributed by atoms with Crippen molar-refractivity contribution in [1.82, 2.24) is 24.3 Å². The molecule has 1 aromatic carbocycles. The Bertz CT molecular complexity index is 714. The van der Waals surface area contributed by atoms with Crippen LogP contribution in [0.5, 0.6) is 0 Å². The molecule has 1 aliphatic heterocycles. The van der Waals surface area contributed by atoms with Gasteiger partial charge in [-0.15, -0.1) is 10.2 Å². The second kappa shape index (κ2) is 5.16. The zero-order valence-electron chi connectivity index (χ0n) is 11.8. The third kappa shape index (κ3) is 2.46. The van der Waals surface area contributed by atoms with Crippen molar-refractivity contribution >= 4 is 0 Å². The number of fused-ring (bicyclic) bond motifs is 1. The maximum atomic E-state index is 4.35. The normalized spacial score (nSPS) is 17.0. The van der Waals surface area contributed by atoms with Gasteiger partial charge >= 0.3 is 0 Å². The SMILES string of the molecule is c1ccc(CC2Cc3nnc(Cn4ccnc4)n3C2)cc1. The molecule has 0 saturated heterocycles. The summed E-state index contributed by atoms with van der Waals surface area (Å²) in [5.41, 5.74) is 1.40. The van der Waals surface area contributed by atoms with Crippen LogP contribution in [-0.4, -0.2) is 24.3 Å². The quantitative estimate of drug-likeness (QED) is 0.733. The summed E-state index contributed by atoms with van der Waals surface area (Å²) in [6.07, 6.45) is 7.69. The Labute approximate surface area is 123 Å². The molecular weight excluding hydrogens is 262 g/mol. The Hall–Kier alpha value is -2.43. The average Bonchev–Trinajstić information content (AvgIpc) is 3.20. The average molecular weight is 279 g/mol. The summed E-state index contributed by atoms with van der Waals surface area (Å²) >= 11 is 0. The van der Waals surface area contributed by atoms with E-state index in [0.717, 1.165) is 37.6 Å². The van der Waals surface area contributed by atoms with Crippen molar-refractivity contribution in [2.75, 3.05) is 0 Å². The van der Waals surface area contributed by atoms with Gasteiger partial charge in [0.05, 0.1) is 12.9 Å². The maximum absolute atomic E-state index is 4.35. The summed E-state index contributed by atoms with van der Waals surface area (Å²) in [6.45, 7) is 1.76. The lowest BCUT2D eigenvalue weighted by atomic mass is 9.98. The molecule has 0 fully saturated rings. The Morgan fingerprint density at radius 1 is 1.14 bits per heavy atom. The molecule has 3 aromatic rings. The summed E-state index contributed by atoms with van der Waals surface area (Å²) in [5, 5.41) is 8.67. The molecule has 0 amide bonds. The van der Waals surface area contributed by atoms with Crippen molar-refractivity contribution in [2.24, 2.45) is 5.92 Å². The fraction of sp³-hybridized carbons (Fsp3) is 0.312. The van der Waals surface area contributed by atoms with Crippen LogP contribution >= 0.6 is 0 Å². The van der Waals surface area contributed by atoms with E-state index < -0.39 is 0 Å². The molecular formula is C16H17N5. The van der Waals surface area contributed by atoms with Gasteiger partial charge < -0.3 is 9.13 Å². The molecule has 21 heavy (non-hydrogen) atoms. The predicted octanol–water partition coefficient (Wildman–Crippen LogP) is 1.94. The Kier molecular flexibility index (Phi) is 3.03. The third-order valence-electron chi connectivity index (χ3n) is 4.07. The van der Waals surface area contributed by atoms with E-state index in [2.05, 4.69) is 50.1 Å². The van der Waals surface area contributed by atoms with E-state index >= 15 is 0 Å². The van der Waals surface area contributed by atoms with Crippen LogP contribution in [0.3, 0.4) is 0 Å². The van der Waals surface area contributed by atoms with Gasteiger partial charge in [-0.1, -0.05) is 30.3 Å². The van der Waals surface area contributed by atoms with Crippen LogP contribution in [-0.2, 0) is 25.9 Å². The van der Waals surface area contributed by atoms with E-state index in [0.29, 0.717) is 5.92 Å². The van der Waals surface area contributed by atoms with Crippen LogP contribution in [0.15, 0.2) is 49.1 Å². The van der Waals surface area contributed by atoms with Crippen molar-refractivity contribution in [3.05, 3.63) is 66.3 Å². The molecule has 3 heterocycles. The van der Waals surface area contributed by atoms with Crippen LogP contribution in [0.4, 0.5) is 0 Å². The zero-order valence-corrected chi connectivity index (χ0v) is 11.8. The third-order valence-corrected chi connectivity index (χ3v) is 4.07. The summed E-state index contributed by atoms with van der Waals surface area (Å²) in [6, 6.07) is 10.7. The maximum Gasteiger partial charge on any atom is 0.153 e. The van der Waals surface area contributed by atoms with Crippen molar-refractivity contribution in [3.8, 4) is 0 Å². The van der Waals surface area contributed by atoms with Crippen molar-refractivity contribution in [1.29, 1.82) is 0 Å². The van der Waals surface area contributed by atoms with E-state index in [1.165, 1.54) is 5.56 Å². The van der Waals surface area contributed by atoms with Crippen LogP contribution < -0.4 is 0 Å². The van der Waals surface area contributed by atoms with Gasteiger partial charge in [0, 0.05) is 25.4 Å². The van der Waals surface area contributed by atoms with E-state index in [1.807, 2.05) is 17.1 Å². The number of rotatable bonds is 4.